The molecule has 0 aromatic carbocycles. The normalized spacial score (nSPS) is 31.0. The summed E-state index contributed by atoms with van der Waals surface area (Å²) in [6.07, 6.45) is 7.58. The molecule has 2 atom stereocenters. The maximum Gasteiger partial charge on any atom is 0.249 e. The first-order valence-corrected chi connectivity index (χ1v) is 5.60. The first-order chi connectivity index (χ1) is 7.29. The summed E-state index contributed by atoms with van der Waals surface area (Å²) in [6.45, 7) is 0.509. The molecule has 1 fully saturated rings. The Morgan fingerprint density at radius 3 is 2.73 bits per heavy atom. The molecule has 1 aliphatic carbocycles. The van der Waals surface area contributed by atoms with Crippen LogP contribution in [0.15, 0.2) is 12.2 Å². The molecule has 0 bridgehead atoms. The lowest BCUT2D eigenvalue weighted by molar-refractivity contribution is -0.132. The van der Waals surface area contributed by atoms with Gasteiger partial charge in [-0.15, -0.1) is 0 Å². The molecule has 84 valence electrons. The van der Waals surface area contributed by atoms with Gasteiger partial charge in [0.2, 0.25) is 5.91 Å². The van der Waals surface area contributed by atoms with Crippen LogP contribution >= 0.6 is 0 Å². The third kappa shape index (κ3) is 2.58. The highest BCUT2D eigenvalue weighted by molar-refractivity contribution is 5.81. The van der Waals surface area contributed by atoms with Crippen LogP contribution in [-0.2, 0) is 9.53 Å². The molecule has 2 rings (SSSR count). The monoisotopic (exact) mass is 210 g/mol. The summed E-state index contributed by atoms with van der Waals surface area (Å²) in [5.41, 5.74) is 5.49. The van der Waals surface area contributed by atoms with Crippen LogP contribution in [0.4, 0.5) is 0 Å². The molecule has 4 nitrogen and oxygen atoms in total. The van der Waals surface area contributed by atoms with Crippen molar-refractivity contribution >= 4 is 5.91 Å². The molecule has 15 heavy (non-hydrogen) atoms. The molecule has 2 aliphatic rings. The number of carbonyl (C=O) groups excluding carboxylic acids is 1. The molecule has 0 radical (unpaired) electrons. The van der Waals surface area contributed by atoms with Crippen LogP contribution in [-0.4, -0.2) is 30.7 Å². The summed E-state index contributed by atoms with van der Waals surface area (Å²) in [5.74, 6) is 0.0275. The minimum Gasteiger partial charge on any atom is -0.364 e. The summed E-state index contributed by atoms with van der Waals surface area (Å²) in [4.78, 5) is 11.8. The lowest BCUT2D eigenvalue weighted by Crippen LogP contribution is -2.40. The van der Waals surface area contributed by atoms with Gasteiger partial charge < -0.3 is 15.8 Å². The van der Waals surface area contributed by atoms with Gasteiger partial charge in [-0.05, 0) is 25.7 Å². The van der Waals surface area contributed by atoms with Gasteiger partial charge in [-0.25, -0.2) is 0 Å². The zero-order chi connectivity index (χ0) is 10.7. The average Bonchev–Trinajstić information content (AvgIpc) is 2.86. The van der Waals surface area contributed by atoms with Gasteiger partial charge in [-0.1, -0.05) is 12.2 Å². The fourth-order valence-corrected chi connectivity index (χ4v) is 2.10. The van der Waals surface area contributed by atoms with Crippen LogP contribution < -0.4 is 11.1 Å². The van der Waals surface area contributed by atoms with E-state index in [2.05, 4.69) is 17.5 Å². The topological polar surface area (TPSA) is 64.4 Å². The Morgan fingerprint density at radius 2 is 2.13 bits per heavy atom. The summed E-state index contributed by atoms with van der Waals surface area (Å²) in [5, 5.41) is 3.00. The molecule has 1 saturated heterocycles. The minimum absolute atomic E-state index is 0.0275. The van der Waals surface area contributed by atoms with Crippen molar-refractivity contribution in [3.63, 3.8) is 0 Å². The highest BCUT2D eigenvalue weighted by atomic mass is 16.5. The summed E-state index contributed by atoms with van der Waals surface area (Å²) in [6, 6.07) is 0.276. The van der Waals surface area contributed by atoms with Crippen molar-refractivity contribution in [2.75, 3.05) is 6.54 Å². The zero-order valence-corrected chi connectivity index (χ0v) is 8.82. The maximum atomic E-state index is 11.8. The second-order valence-electron chi connectivity index (χ2n) is 4.21. The zero-order valence-electron chi connectivity index (χ0n) is 8.82. The molecule has 4 heteroatoms. The minimum atomic E-state index is -0.279. The molecule has 1 heterocycles. The first kappa shape index (κ1) is 10.6. The van der Waals surface area contributed by atoms with Crippen molar-refractivity contribution in [1.29, 1.82) is 0 Å². The van der Waals surface area contributed by atoms with E-state index in [1.807, 2.05) is 0 Å². The number of amides is 1. The first-order valence-electron chi connectivity index (χ1n) is 5.60. The van der Waals surface area contributed by atoms with Crippen molar-refractivity contribution in [3.05, 3.63) is 12.2 Å². The fourth-order valence-electron chi connectivity index (χ4n) is 2.10. The van der Waals surface area contributed by atoms with Crippen LogP contribution in [0.25, 0.3) is 0 Å². The number of nitrogens with two attached hydrogens (primary N) is 1. The van der Waals surface area contributed by atoms with Gasteiger partial charge in [0, 0.05) is 12.6 Å². The van der Waals surface area contributed by atoms with E-state index in [1.54, 1.807) is 0 Å². The lowest BCUT2D eigenvalue weighted by Gasteiger charge is -2.16. The van der Waals surface area contributed by atoms with Crippen molar-refractivity contribution in [1.82, 2.24) is 5.32 Å². The van der Waals surface area contributed by atoms with Crippen LogP contribution in [0.1, 0.15) is 25.7 Å². The van der Waals surface area contributed by atoms with E-state index >= 15 is 0 Å². The number of hydrogen-bond donors (Lipinski definition) is 2. The Kier molecular flexibility index (Phi) is 3.38. The maximum absolute atomic E-state index is 11.8. The second-order valence-corrected chi connectivity index (χ2v) is 4.21. The average molecular weight is 210 g/mol. The standard InChI is InChI=1S/C11H18N2O2/c12-7-9-5-6-10(15-9)11(14)13-8-3-1-2-4-8/h1-2,8-10H,3-7,12H2,(H,13,14). The number of ether oxygens (including phenoxy) is 1. The van der Waals surface area contributed by atoms with Crippen LogP contribution in [0.3, 0.4) is 0 Å². The van der Waals surface area contributed by atoms with E-state index in [0.29, 0.717) is 6.54 Å². The van der Waals surface area contributed by atoms with Crippen LogP contribution in [0.2, 0.25) is 0 Å². The smallest absolute Gasteiger partial charge is 0.249 e. The van der Waals surface area contributed by atoms with E-state index in [4.69, 9.17) is 10.5 Å². The van der Waals surface area contributed by atoms with E-state index in [1.165, 1.54) is 0 Å². The van der Waals surface area contributed by atoms with E-state index < -0.39 is 0 Å². The number of hydrogen-bond acceptors (Lipinski definition) is 3. The third-order valence-corrected chi connectivity index (χ3v) is 3.02. The van der Waals surface area contributed by atoms with Crippen molar-refractivity contribution < 1.29 is 9.53 Å². The van der Waals surface area contributed by atoms with Gasteiger partial charge in [0.1, 0.15) is 6.10 Å². The van der Waals surface area contributed by atoms with Crippen LogP contribution in [0.5, 0.6) is 0 Å². The largest absolute Gasteiger partial charge is 0.364 e. The molecule has 0 aromatic rings. The second kappa shape index (κ2) is 4.77. The molecule has 0 aromatic heterocycles. The Balaban J connectivity index is 1.76. The van der Waals surface area contributed by atoms with Crippen LogP contribution in [0, 0.1) is 0 Å². The fraction of sp³-hybridized carbons (Fsp3) is 0.727. The Labute approximate surface area is 89.9 Å². The molecule has 2 unspecified atom stereocenters. The predicted molar refractivity (Wildman–Crippen MR) is 57.3 cm³/mol. The quantitative estimate of drug-likeness (QED) is 0.660. The highest BCUT2D eigenvalue weighted by Crippen LogP contribution is 2.19. The van der Waals surface area contributed by atoms with Gasteiger partial charge in [0.15, 0.2) is 0 Å². The summed E-state index contributed by atoms with van der Waals surface area (Å²) < 4.78 is 5.53. The molecular formula is C11H18N2O2. The predicted octanol–water partition coefficient (Wildman–Crippen LogP) is 0.327. The van der Waals surface area contributed by atoms with Gasteiger partial charge >= 0.3 is 0 Å². The summed E-state index contributed by atoms with van der Waals surface area (Å²) in [7, 11) is 0. The van der Waals surface area contributed by atoms with Gasteiger partial charge in [0.05, 0.1) is 6.10 Å². The molecule has 0 spiro atoms. The number of rotatable bonds is 3. The Morgan fingerprint density at radius 1 is 1.40 bits per heavy atom. The van der Waals surface area contributed by atoms with E-state index in [9.17, 15) is 4.79 Å². The third-order valence-electron chi connectivity index (χ3n) is 3.02. The lowest BCUT2D eigenvalue weighted by atomic mass is 10.1. The van der Waals surface area contributed by atoms with Crippen molar-refractivity contribution in [3.8, 4) is 0 Å². The summed E-state index contributed by atoms with van der Waals surface area (Å²) >= 11 is 0. The van der Waals surface area contributed by atoms with Gasteiger partial charge in [0.25, 0.3) is 0 Å². The molecule has 1 aliphatic heterocycles. The molecule has 0 saturated carbocycles. The van der Waals surface area contributed by atoms with Gasteiger partial charge in [-0.3, -0.25) is 4.79 Å². The molecule has 1 amide bonds. The van der Waals surface area contributed by atoms with E-state index in [0.717, 1.165) is 25.7 Å². The van der Waals surface area contributed by atoms with E-state index in [-0.39, 0.29) is 24.2 Å². The van der Waals surface area contributed by atoms with Gasteiger partial charge in [-0.2, -0.15) is 0 Å². The number of carbonyl (C=O) groups is 1. The number of nitrogens with one attached hydrogen (secondary N) is 1. The molecular weight excluding hydrogens is 192 g/mol. The SMILES string of the molecule is NCC1CCC(C(=O)NC2CC=CC2)O1. The van der Waals surface area contributed by atoms with Crippen molar-refractivity contribution in [2.24, 2.45) is 5.73 Å². The Bertz CT molecular complexity index is 257. The molecule has 3 N–H and O–H groups in total. The Hall–Kier alpha value is -0.870. The van der Waals surface area contributed by atoms with Crippen molar-refractivity contribution in [2.45, 2.75) is 43.9 Å². The highest BCUT2D eigenvalue weighted by Gasteiger charge is 2.30.